The topological polar surface area (TPSA) is 75.5 Å². The van der Waals surface area contributed by atoms with Gasteiger partial charge >= 0.3 is 6.09 Å². The zero-order valence-corrected chi connectivity index (χ0v) is 21.0. The third-order valence-electron chi connectivity index (χ3n) is 6.07. The summed E-state index contributed by atoms with van der Waals surface area (Å²) in [7, 11) is 1.67. The maximum atomic E-state index is 12.0. The van der Waals surface area contributed by atoms with E-state index in [1.54, 1.807) is 43.1 Å². The summed E-state index contributed by atoms with van der Waals surface area (Å²) in [6.07, 6.45) is 6.52. The number of methoxy groups -OCH3 is 1. The molecule has 1 amide bonds. The number of benzene rings is 2. The number of carbonyl (C=O) groups is 1. The predicted octanol–water partition coefficient (Wildman–Crippen LogP) is 6.24. The molecular formula is C25H29ClN4O3S. The summed E-state index contributed by atoms with van der Waals surface area (Å²) >= 11 is 7.50. The second-order valence-corrected chi connectivity index (χ2v) is 9.41. The molecule has 0 radical (unpaired) electrons. The van der Waals surface area contributed by atoms with Crippen molar-refractivity contribution < 1.29 is 14.3 Å². The van der Waals surface area contributed by atoms with E-state index in [1.807, 2.05) is 18.4 Å². The number of hydrogen-bond donors (Lipinski definition) is 1. The largest absolute Gasteiger partial charge is 0.497 e. The Kier molecular flexibility index (Phi) is 8.00. The van der Waals surface area contributed by atoms with Gasteiger partial charge in [0.25, 0.3) is 0 Å². The highest BCUT2D eigenvalue weighted by atomic mass is 35.5. The van der Waals surface area contributed by atoms with E-state index in [9.17, 15) is 4.79 Å². The molecule has 9 heteroatoms. The lowest BCUT2D eigenvalue weighted by Gasteiger charge is -2.36. The Balaban J connectivity index is 1.38. The SMILES string of the molecule is COc1ccc(N2C(SC)=NC(=NCCCOC(=O)Nc3ccc(Cl)cc3)C23CCCC3)cc1. The molecule has 2 aliphatic rings. The van der Waals surface area contributed by atoms with Crippen molar-refractivity contribution in [2.75, 3.05) is 36.7 Å². The normalized spacial score (nSPS) is 17.8. The number of thioether (sulfide) groups is 1. The summed E-state index contributed by atoms with van der Waals surface area (Å²) in [6, 6.07) is 15.0. The first-order chi connectivity index (χ1) is 16.6. The van der Waals surface area contributed by atoms with Crippen molar-refractivity contribution in [3.05, 3.63) is 53.6 Å². The van der Waals surface area contributed by atoms with Crippen molar-refractivity contribution in [3.8, 4) is 5.75 Å². The Labute approximate surface area is 209 Å². The molecule has 7 nitrogen and oxygen atoms in total. The van der Waals surface area contributed by atoms with Crippen LogP contribution in [0.1, 0.15) is 32.1 Å². The van der Waals surface area contributed by atoms with Crippen LogP contribution in [0, 0.1) is 0 Å². The van der Waals surface area contributed by atoms with E-state index >= 15 is 0 Å². The van der Waals surface area contributed by atoms with Gasteiger partial charge in [0.15, 0.2) is 11.0 Å². The molecule has 1 aliphatic heterocycles. The molecule has 1 fully saturated rings. The van der Waals surface area contributed by atoms with Gasteiger partial charge in [0.2, 0.25) is 0 Å². The molecular weight excluding hydrogens is 472 g/mol. The van der Waals surface area contributed by atoms with Gasteiger partial charge in [0.05, 0.1) is 13.7 Å². The van der Waals surface area contributed by atoms with Gasteiger partial charge in [-0.2, -0.15) is 0 Å². The first-order valence-electron chi connectivity index (χ1n) is 11.4. The number of amidine groups is 2. The molecule has 0 aromatic heterocycles. The molecule has 2 aromatic carbocycles. The Bertz CT molecular complexity index is 1050. The summed E-state index contributed by atoms with van der Waals surface area (Å²) < 4.78 is 10.6. The summed E-state index contributed by atoms with van der Waals surface area (Å²) in [6.45, 7) is 0.831. The van der Waals surface area contributed by atoms with Crippen LogP contribution in [0.5, 0.6) is 5.75 Å². The van der Waals surface area contributed by atoms with Crippen LogP contribution in [-0.2, 0) is 4.74 Å². The van der Waals surface area contributed by atoms with Gasteiger partial charge < -0.3 is 14.4 Å². The molecule has 0 bridgehead atoms. The Morgan fingerprint density at radius 2 is 1.88 bits per heavy atom. The highest BCUT2D eigenvalue weighted by Crippen LogP contribution is 2.45. The monoisotopic (exact) mass is 500 g/mol. The van der Waals surface area contributed by atoms with E-state index in [-0.39, 0.29) is 12.1 Å². The van der Waals surface area contributed by atoms with Crippen molar-refractivity contribution in [3.63, 3.8) is 0 Å². The summed E-state index contributed by atoms with van der Waals surface area (Å²) in [5.74, 6) is 1.72. The minimum atomic E-state index is -0.489. The number of nitrogens with zero attached hydrogens (tertiary/aromatic N) is 3. The minimum Gasteiger partial charge on any atom is -0.497 e. The number of rotatable bonds is 7. The highest BCUT2D eigenvalue weighted by molar-refractivity contribution is 8.13. The van der Waals surface area contributed by atoms with E-state index < -0.39 is 6.09 Å². The number of anilines is 2. The molecule has 2 aromatic rings. The van der Waals surface area contributed by atoms with Gasteiger partial charge in [-0.1, -0.05) is 36.2 Å². The van der Waals surface area contributed by atoms with Crippen LogP contribution in [0.4, 0.5) is 16.2 Å². The fourth-order valence-electron chi connectivity index (χ4n) is 4.44. The van der Waals surface area contributed by atoms with Crippen molar-refractivity contribution in [1.82, 2.24) is 0 Å². The van der Waals surface area contributed by atoms with Gasteiger partial charge in [-0.3, -0.25) is 10.3 Å². The number of ether oxygens (including phenoxy) is 2. The Morgan fingerprint density at radius 1 is 1.18 bits per heavy atom. The second kappa shape index (κ2) is 11.1. The molecule has 4 rings (SSSR count). The molecule has 0 unspecified atom stereocenters. The lowest BCUT2D eigenvalue weighted by Crippen LogP contribution is -2.49. The third kappa shape index (κ3) is 5.33. The summed E-state index contributed by atoms with van der Waals surface area (Å²) in [4.78, 5) is 24.2. The Hall–Kier alpha value is -2.71. The van der Waals surface area contributed by atoms with Crippen LogP contribution in [0.2, 0.25) is 5.02 Å². The molecule has 1 heterocycles. The lowest BCUT2D eigenvalue weighted by molar-refractivity contribution is 0.161. The molecule has 1 spiro atoms. The fraction of sp³-hybridized carbons (Fsp3) is 0.400. The van der Waals surface area contributed by atoms with Crippen molar-refractivity contribution >= 4 is 51.8 Å². The molecule has 1 N–H and O–H groups in total. The molecule has 1 aliphatic carbocycles. The van der Waals surface area contributed by atoms with E-state index in [0.717, 1.165) is 48.1 Å². The average Bonchev–Trinajstić information content (AvgIpc) is 3.46. The maximum absolute atomic E-state index is 12.0. The third-order valence-corrected chi connectivity index (χ3v) is 6.96. The number of hydrogen-bond acceptors (Lipinski definition) is 6. The number of carbonyl (C=O) groups excluding carboxylic acids is 1. The zero-order valence-electron chi connectivity index (χ0n) is 19.4. The van der Waals surface area contributed by atoms with Gasteiger partial charge in [-0.05, 0) is 67.6 Å². The standard InChI is InChI=1S/C25H29ClN4O3S/c1-32-21-12-10-20(11-13-21)30-23(34-2)29-22(25(30)14-3-4-15-25)27-16-5-17-33-24(31)28-19-8-6-18(26)7-9-19/h6-13H,3-5,14-17H2,1-2H3,(H,28,31). The van der Waals surface area contributed by atoms with Crippen LogP contribution < -0.4 is 15.0 Å². The first-order valence-corrected chi connectivity index (χ1v) is 13.0. The van der Waals surface area contributed by atoms with Gasteiger partial charge in [-0.25, -0.2) is 9.79 Å². The number of nitrogens with one attached hydrogen (secondary N) is 1. The quantitative estimate of drug-likeness (QED) is 0.455. The first kappa shape index (κ1) is 24.4. The smallest absolute Gasteiger partial charge is 0.411 e. The molecule has 1 saturated carbocycles. The summed E-state index contributed by atoms with van der Waals surface area (Å²) in [5, 5.41) is 4.27. The van der Waals surface area contributed by atoms with Crippen LogP contribution >= 0.6 is 23.4 Å². The molecule has 180 valence electrons. The van der Waals surface area contributed by atoms with E-state index in [0.29, 0.717) is 23.7 Å². The van der Waals surface area contributed by atoms with Crippen molar-refractivity contribution in [1.29, 1.82) is 0 Å². The average molecular weight is 501 g/mol. The number of amides is 1. The van der Waals surface area contributed by atoms with Crippen LogP contribution in [0.25, 0.3) is 0 Å². The van der Waals surface area contributed by atoms with Crippen molar-refractivity contribution in [2.24, 2.45) is 9.98 Å². The number of halogens is 1. The second-order valence-electron chi connectivity index (χ2n) is 8.20. The molecule has 0 atom stereocenters. The molecule has 34 heavy (non-hydrogen) atoms. The minimum absolute atomic E-state index is 0.209. The van der Waals surface area contributed by atoms with Crippen LogP contribution in [-0.4, -0.2) is 49.2 Å². The van der Waals surface area contributed by atoms with Crippen molar-refractivity contribution in [2.45, 2.75) is 37.6 Å². The summed E-state index contributed by atoms with van der Waals surface area (Å²) in [5.41, 5.74) is 1.53. The van der Waals surface area contributed by atoms with Gasteiger partial charge in [0, 0.05) is 29.4 Å². The van der Waals surface area contributed by atoms with E-state index in [2.05, 4.69) is 22.3 Å². The van der Waals surface area contributed by atoms with Crippen LogP contribution in [0.3, 0.4) is 0 Å². The van der Waals surface area contributed by atoms with Gasteiger partial charge in [-0.15, -0.1) is 0 Å². The van der Waals surface area contributed by atoms with Crippen LogP contribution in [0.15, 0.2) is 58.5 Å². The lowest BCUT2D eigenvalue weighted by atomic mass is 9.94. The predicted molar refractivity (Wildman–Crippen MR) is 141 cm³/mol. The fourth-order valence-corrected chi connectivity index (χ4v) is 5.21. The number of aliphatic imine (C=N–C) groups is 2. The Morgan fingerprint density at radius 3 is 2.53 bits per heavy atom. The van der Waals surface area contributed by atoms with E-state index in [4.69, 9.17) is 31.1 Å². The zero-order chi connectivity index (χ0) is 24.0. The molecule has 0 saturated heterocycles. The maximum Gasteiger partial charge on any atom is 0.411 e. The highest BCUT2D eigenvalue weighted by Gasteiger charge is 2.50. The van der Waals surface area contributed by atoms with E-state index in [1.165, 1.54) is 0 Å². The van der Waals surface area contributed by atoms with Gasteiger partial charge in [0.1, 0.15) is 11.3 Å².